The molecule has 0 aromatic heterocycles. The maximum Gasteiger partial charge on any atom is 0.235 e. The van der Waals surface area contributed by atoms with Gasteiger partial charge in [-0.2, -0.15) is 0 Å². The molecule has 1 aliphatic heterocycles. The third-order valence-corrected chi connectivity index (χ3v) is 6.65. The molecule has 2 aromatic rings. The zero-order valence-corrected chi connectivity index (χ0v) is 16.8. The van der Waals surface area contributed by atoms with Crippen molar-refractivity contribution in [3.05, 3.63) is 58.9 Å². The number of ketones is 1. The zero-order valence-electron chi connectivity index (χ0n) is 16.8. The molecule has 3 atom stereocenters. The van der Waals surface area contributed by atoms with Gasteiger partial charge in [-0.15, -0.1) is 0 Å². The van der Waals surface area contributed by atoms with Crippen LogP contribution in [0.5, 0.6) is 0 Å². The van der Waals surface area contributed by atoms with E-state index < -0.39 is 11.5 Å². The number of Topliss-reactive ketones (excluding diaryl/α,β-unsaturated/α-hetero) is 1. The second-order valence-electron chi connectivity index (χ2n) is 8.49. The molecule has 1 saturated heterocycles. The SMILES string of the molecule is Cc1ccc(-c2ccc(F)cc2)c(C)c1C1C(=O)N[C@]2(CCC[C@@H](CO)C2)C1=O. The van der Waals surface area contributed by atoms with E-state index in [1.165, 1.54) is 12.1 Å². The van der Waals surface area contributed by atoms with Crippen LogP contribution in [0.2, 0.25) is 0 Å². The molecule has 2 aromatic carbocycles. The van der Waals surface area contributed by atoms with Crippen LogP contribution in [0.25, 0.3) is 11.1 Å². The van der Waals surface area contributed by atoms with Crippen molar-refractivity contribution in [1.82, 2.24) is 5.32 Å². The van der Waals surface area contributed by atoms with Gasteiger partial charge in [-0.25, -0.2) is 4.39 Å². The number of benzene rings is 2. The van der Waals surface area contributed by atoms with Crippen LogP contribution in [0.4, 0.5) is 4.39 Å². The van der Waals surface area contributed by atoms with Crippen molar-refractivity contribution in [2.75, 3.05) is 6.61 Å². The Morgan fingerprint density at radius 3 is 2.55 bits per heavy atom. The molecule has 1 saturated carbocycles. The highest BCUT2D eigenvalue weighted by Crippen LogP contribution is 2.43. The van der Waals surface area contributed by atoms with Gasteiger partial charge in [-0.3, -0.25) is 9.59 Å². The van der Waals surface area contributed by atoms with Gasteiger partial charge in [0, 0.05) is 6.61 Å². The van der Waals surface area contributed by atoms with Crippen LogP contribution < -0.4 is 5.32 Å². The van der Waals surface area contributed by atoms with Crippen molar-refractivity contribution in [2.45, 2.75) is 51.0 Å². The lowest BCUT2D eigenvalue weighted by Crippen LogP contribution is -2.50. The Labute approximate surface area is 170 Å². The van der Waals surface area contributed by atoms with Gasteiger partial charge in [0.25, 0.3) is 0 Å². The second-order valence-corrected chi connectivity index (χ2v) is 8.49. The first kappa shape index (κ1) is 19.8. The molecule has 4 rings (SSSR count). The molecular formula is C24H26FNO3. The summed E-state index contributed by atoms with van der Waals surface area (Å²) in [6.07, 6.45) is 2.82. The summed E-state index contributed by atoms with van der Waals surface area (Å²) < 4.78 is 13.3. The van der Waals surface area contributed by atoms with E-state index in [4.69, 9.17) is 0 Å². The lowest BCUT2D eigenvalue weighted by Gasteiger charge is -2.36. The fraction of sp³-hybridized carbons (Fsp3) is 0.417. The van der Waals surface area contributed by atoms with Crippen molar-refractivity contribution < 1.29 is 19.1 Å². The predicted molar refractivity (Wildman–Crippen MR) is 109 cm³/mol. The number of rotatable bonds is 3. The Kier molecular flexibility index (Phi) is 5.03. The Balaban J connectivity index is 1.76. The van der Waals surface area contributed by atoms with Crippen LogP contribution in [0, 0.1) is 25.6 Å². The number of carbonyl (C=O) groups excluding carboxylic acids is 2. The Morgan fingerprint density at radius 1 is 1.14 bits per heavy atom. The number of carbonyl (C=O) groups is 2. The van der Waals surface area contributed by atoms with E-state index in [-0.39, 0.29) is 30.0 Å². The van der Waals surface area contributed by atoms with Gasteiger partial charge >= 0.3 is 0 Å². The van der Waals surface area contributed by atoms with Crippen LogP contribution in [0.1, 0.15) is 48.3 Å². The van der Waals surface area contributed by atoms with Gasteiger partial charge in [0.1, 0.15) is 17.3 Å². The summed E-state index contributed by atoms with van der Waals surface area (Å²) in [7, 11) is 0. The Bertz CT molecular complexity index is 969. The maximum atomic E-state index is 13.5. The second kappa shape index (κ2) is 7.38. The van der Waals surface area contributed by atoms with Gasteiger partial charge < -0.3 is 10.4 Å². The number of halogens is 1. The van der Waals surface area contributed by atoms with Gasteiger partial charge in [0.15, 0.2) is 5.78 Å². The summed E-state index contributed by atoms with van der Waals surface area (Å²) >= 11 is 0. The topological polar surface area (TPSA) is 66.4 Å². The molecule has 2 aliphatic rings. The normalized spacial score (nSPS) is 26.8. The largest absolute Gasteiger partial charge is 0.396 e. The fourth-order valence-corrected chi connectivity index (χ4v) is 5.16. The molecule has 29 heavy (non-hydrogen) atoms. The number of nitrogens with one attached hydrogen (secondary N) is 1. The summed E-state index contributed by atoms with van der Waals surface area (Å²) in [5.74, 6) is -1.44. The van der Waals surface area contributed by atoms with Crippen molar-refractivity contribution in [3.8, 4) is 11.1 Å². The first-order valence-corrected chi connectivity index (χ1v) is 10.2. The molecule has 1 unspecified atom stereocenters. The zero-order chi connectivity index (χ0) is 20.8. The van der Waals surface area contributed by atoms with Gasteiger partial charge in [-0.1, -0.05) is 30.7 Å². The van der Waals surface area contributed by atoms with Crippen LogP contribution in [-0.4, -0.2) is 28.9 Å². The molecule has 2 fully saturated rings. The van der Waals surface area contributed by atoms with E-state index in [9.17, 15) is 19.1 Å². The molecule has 1 amide bonds. The average Bonchev–Trinajstić information content (AvgIpc) is 2.93. The molecular weight excluding hydrogens is 369 g/mol. The van der Waals surface area contributed by atoms with E-state index in [1.54, 1.807) is 12.1 Å². The molecule has 0 radical (unpaired) electrons. The standard InChI is InChI=1S/C24H26FNO3/c1-14-5-10-19(17-6-8-18(25)9-7-17)15(2)20(14)21-22(28)24(26-23(21)29)11-3-4-16(12-24)13-27/h5-10,16,21,27H,3-4,11-13H2,1-2H3,(H,26,29)/t16-,21?,24+/m1/s1. The molecule has 1 heterocycles. The minimum atomic E-state index is -0.863. The minimum Gasteiger partial charge on any atom is -0.396 e. The van der Waals surface area contributed by atoms with Gasteiger partial charge in [0.2, 0.25) is 5.91 Å². The highest BCUT2D eigenvalue weighted by atomic mass is 19.1. The smallest absolute Gasteiger partial charge is 0.235 e. The summed E-state index contributed by atoms with van der Waals surface area (Å²) in [5.41, 5.74) is 3.40. The number of hydrogen-bond donors (Lipinski definition) is 2. The third kappa shape index (κ3) is 3.27. The van der Waals surface area contributed by atoms with Crippen LogP contribution in [0.15, 0.2) is 36.4 Å². The minimum absolute atomic E-state index is 0.0354. The molecule has 2 N–H and O–H groups in total. The molecule has 1 aliphatic carbocycles. The summed E-state index contributed by atoms with van der Waals surface area (Å²) in [5, 5.41) is 12.6. The Morgan fingerprint density at radius 2 is 1.86 bits per heavy atom. The highest BCUT2D eigenvalue weighted by Gasteiger charge is 2.55. The molecule has 152 valence electrons. The van der Waals surface area contributed by atoms with Gasteiger partial charge in [0.05, 0.1) is 0 Å². The van der Waals surface area contributed by atoms with E-state index in [2.05, 4.69) is 5.32 Å². The monoisotopic (exact) mass is 395 g/mol. The van der Waals surface area contributed by atoms with Crippen molar-refractivity contribution in [2.24, 2.45) is 5.92 Å². The number of aliphatic hydroxyl groups excluding tert-OH is 1. The number of amides is 1. The van der Waals surface area contributed by atoms with E-state index >= 15 is 0 Å². The van der Waals surface area contributed by atoms with Gasteiger partial charge in [-0.05, 0) is 79.0 Å². The number of aryl methyl sites for hydroxylation is 1. The first-order valence-electron chi connectivity index (χ1n) is 10.2. The van der Waals surface area contributed by atoms with Crippen LogP contribution in [-0.2, 0) is 9.59 Å². The summed E-state index contributed by atoms with van der Waals surface area (Å²) in [6, 6.07) is 10.1. The lowest BCUT2D eigenvalue weighted by molar-refractivity contribution is -0.126. The lowest BCUT2D eigenvalue weighted by atomic mass is 9.72. The maximum absolute atomic E-state index is 13.5. The van der Waals surface area contributed by atoms with Crippen molar-refractivity contribution in [1.29, 1.82) is 0 Å². The highest BCUT2D eigenvalue weighted by molar-refractivity contribution is 6.17. The molecule has 5 heteroatoms. The average molecular weight is 395 g/mol. The van der Waals surface area contributed by atoms with E-state index in [0.29, 0.717) is 12.8 Å². The number of hydrogen-bond acceptors (Lipinski definition) is 3. The summed E-state index contributed by atoms with van der Waals surface area (Å²) in [4.78, 5) is 26.5. The summed E-state index contributed by atoms with van der Waals surface area (Å²) in [6.45, 7) is 3.87. The molecule has 0 bridgehead atoms. The number of aliphatic hydroxyl groups is 1. The fourth-order valence-electron chi connectivity index (χ4n) is 5.16. The molecule has 4 nitrogen and oxygen atoms in total. The van der Waals surface area contributed by atoms with E-state index in [0.717, 1.165) is 40.7 Å². The van der Waals surface area contributed by atoms with E-state index in [1.807, 2.05) is 26.0 Å². The van der Waals surface area contributed by atoms with Crippen LogP contribution >= 0.6 is 0 Å². The quantitative estimate of drug-likeness (QED) is 0.777. The predicted octanol–water partition coefficient (Wildman–Crippen LogP) is 3.81. The van der Waals surface area contributed by atoms with Crippen molar-refractivity contribution >= 4 is 11.7 Å². The van der Waals surface area contributed by atoms with Crippen LogP contribution in [0.3, 0.4) is 0 Å². The van der Waals surface area contributed by atoms with Crippen molar-refractivity contribution in [3.63, 3.8) is 0 Å². The Hall–Kier alpha value is -2.53. The third-order valence-electron chi connectivity index (χ3n) is 6.65. The first-order chi connectivity index (χ1) is 13.9. The molecule has 1 spiro atoms.